The Balaban J connectivity index is 3.06. The monoisotopic (exact) mass is 275 g/mol. The third-order valence-electron chi connectivity index (χ3n) is 2.46. The first-order chi connectivity index (χ1) is 9.01. The Hall–Kier alpha value is -1.56. The minimum absolute atomic E-state index is 0.00306. The summed E-state index contributed by atoms with van der Waals surface area (Å²) in [5.74, 6) is -4.87. The number of rotatable bonds is 6. The Kier molecular flexibility index (Phi) is 5.82. The van der Waals surface area contributed by atoms with Gasteiger partial charge in [0, 0.05) is 0 Å². The third kappa shape index (κ3) is 3.96. The Labute approximate surface area is 109 Å². The average molecular weight is 275 g/mol. The zero-order chi connectivity index (χ0) is 14.4. The van der Waals surface area contributed by atoms with Crippen molar-refractivity contribution in [1.29, 1.82) is 0 Å². The van der Waals surface area contributed by atoms with E-state index in [-0.39, 0.29) is 12.2 Å². The van der Waals surface area contributed by atoms with Crippen LogP contribution in [0, 0.1) is 17.5 Å². The Morgan fingerprint density at radius 1 is 1.26 bits per heavy atom. The van der Waals surface area contributed by atoms with Crippen LogP contribution in [0.1, 0.15) is 31.9 Å². The zero-order valence-corrected chi connectivity index (χ0v) is 10.8. The molecule has 0 aromatic heterocycles. The number of carbonyl (C=O) groups is 1. The minimum atomic E-state index is -1.55. The zero-order valence-electron chi connectivity index (χ0n) is 10.8. The highest BCUT2D eigenvalue weighted by Crippen LogP contribution is 2.20. The number of carbonyl (C=O) groups excluding carboxylic acids is 1. The molecule has 1 unspecified atom stereocenters. The highest BCUT2D eigenvalue weighted by atomic mass is 19.2. The molecule has 6 heteroatoms. The van der Waals surface area contributed by atoms with Crippen LogP contribution in [0.15, 0.2) is 12.1 Å². The Morgan fingerprint density at radius 3 is 2.32 bits per heavy atom. The molecule has 0 saturated carbocycles. The van der Waals surface area contributed by atoms with Gasteiger partial charge in [-0.1, -0.05) is 6.92 Å². The normalized spacial score (nSPS) is 12.3. The van der Waals surface area contributed by atoms with Crippen LogP contribution in [-0.4, -0.2) is 19.1 Å². The average Bonchev–Trinajstić information content (AvgIpc) is 2.36. The molecule has 1 aromatic carbocycles. The van der Waals surface area contributed by atoms with Gasteiger partial charge in [0.25, 0.3) is 0 Å². The van der Waals surface area contributed by atoms with Gasteiger partial charge >= 0.3 is 5.97 Å². The second-order valence-electron chi connectivity index (χ2n) is 3.94. The van der Waals surface area contributed by atoms with Gasteiger partial charge in [-0.3, -0.25) is 0 Å². The molecular formula is C13H16F3NO2. The lowest BCUT2D eigenvalue weighted by Crippen LogP contribution is -2.31. The van der Waals surface area contributed by atoms with E-state index in [1.165, 1.54) is 0 Å². The summed E-state index contributed by atoms with van der Waals surface area (Å²) >= 11 is 0. The van der Waals surface area contributed by atoms with Crippen LogP contribution in [0.5, 0.6) is 0 Å². The van der Waals surface area contributed by atoms with Gasteiger partial charge in [-0.25, -0.2) is 18.0 Å². The summed E-state index contributed by atoms with van der Waals surface area (Å²) in [5, 5.41) is 2.81. The fraction of sp³-hybridized carbons (Fsp3) is 0.462. The van der Waals surface area contributed by atoms with E-state index in [9.17, 15) is 18.0 Å². The quantitative estimate of drug-likeness (QED) is 0.641. The van der Waals surface area contributed by atoms with Crippen LogP contribution < -0.4 is 5.32 Å². The maximum absolute atomic E-state index is 13.2. The maximum Gasteiger partial charge on any atom is 0.327 e. The van der Waals surface area contributed by atoms with Gasteiger partial charge in [0.05, 0.1) is 6.61 Å². The summed E-state index contributed by atoms with van der Waals surface area (Å²) in [7, 11) is 0. The first kappa shape index (κ1) is 15.5. The molecule has 0 spiro atoms. The lowest BCUT2D eigenvalue weighted by molar-refractivity contribution is -0.145. The van der Waals surface area contributed by atoms with Gasteiger partial charge < -0.3 is 10.1 Å². The van der Waals surface area contributed by atoms with Crippen molar-refractivity contribution in [1.82, 2.24) is 5.32 Å². The smallest absolute Gasteiger partial charge is 0.327 e. The summed E-state index contributed by atoms with van der Waals surface area (Å²) in [6.07, 6.45) is 0.724. The summed E-state index contributed by atoms with van der Waals surface area (Å²) in [4.78, 5) is 11.7. The molecule has 0 aliphatic heterocycles. The minimum Gasteiger partial charge on any atom is -0.465 e. The largest absolute Gasteiger partial charge is 0.465 e. The van der Waals surface area contributed by atoms with E-state index < -0.39 is 29.5 Å². The molecule has 0 bridgehead atoms. The molecule has 19 heavy (non-hydrogen) atoms. The van der Waals surface area contributed by atoms with Crippen molar-refractivity contribution >= 4 is 5.97 Å². The van der Waals surface area contributed by atoms with E-state index in [0.717, 1.165) is 18.6 Å². The van der Waals surface area contributed by atoms with Crippen LogP contribution in [-0.2, 0) is 9.53 Å². The molecule has 0 radical (unpaired) electrons. The number of benzene rings is 1. The SMILES string of the molecule is CCCNC(C(=O)OCC)c1cc(F)c(F)c(F)c1. The Morgan fingerprint density at radius 2 is 1.84 bits per heavy atom. The number of nitrogens with one attached hydrogen (secondary N) is 1. The first-order valence-corrected chi connectivity index (χ1v) is 6.05. The van der Waals surface area contributed by atoms with Crippen LogP contribution in [0.2, 0.25) is 0 Å². The summed E-state index contributed by atoms with van der Waals surface area (Å²) < 4.78 is 44.1. The van der Waals surface area contributed by atoms with E-state index in [2.05, 4.69) is 5.32 Å². The van der Waals surface area contributed by atoms with Gasteiger partial charge in [0.2, 0.25) is 0 Å². The summed E-state index contributed by atoms with van der Waals surface area (Å²) in [5.41, 5.74) is 0.00306. The molecule has 1 N–H and O–H groups in total. The predicted octanol–water partition coefficient (Wildman–Crippen LogP) is 2.71. The van der Waals surface area contributed by atoms with E-state index in [4.69, 9.17) is 4.74 Å². The summed E-state index contributed by atoms with van der Waals surface area (Å²) in [6, 6.07) is 0.579. The molecule has 1 rings (SSSR count). The first-order valence-electron chi connectivity index (χ1n) is 6.05. The van der Waals surface area contributed by atoms with Gasteiger partial charge in [0.1, 0.15) is 6.04 Å². The molecule has 0 saturated heterocycles. The summed E-state index contributed by atoms with van der Waals surface area (Å²) in [6.45, 7) is 4.11. The van der Waals surface area contributed by atoms with E-state index in [1.54, 1.807) is 6.92 Å². The van der Waals surface area contributed by atoms with Crippen LogP contribution >= 0.6 is 0 Å². The molecule has 0 heterocycles. The molecule has 0 aliphatic rings. The lowest BCUT2D eigenvalue weighted by atomic mass is 10.1. The van der Waals surface area contributed by atoms with Crippen molar-refractivity contribution in [2.45, 2.75) is 26.3 Å². The van der Waals surface area contributed by atoms with E-state index in [0.29, 0.717) is 6.54 Å². The highest BCUT2D eigenvalue weighted by Gasteiger charge is 2.24. The third-order valence-corrected chi connectivity index (χ3v) is 2.46. The topological polar surface area (TPSA) is 38.3 Å². The molecule has 0 fully saturated rings. The fourth-order valence-electron chi connectivity index (χ4n) is 1.59. The van der Waals surface area contributed by atoms with Gasteiger partial charge in [-0.2, -0.15) is 0 Å². The van der Waals surface area contributed by atoms with Crippen LogP contribution in [0.25, 0.3) is 0 Å². The molecule has 106 valence electrons. The molecule has 1 aromatic rings. The second kappa shape index (κ2) is 7.13. The van der Waals surface area contributed by atoms with Crippen molar-refractivity contribution in [2.24, 2.45) is 0 Å². The van der Waals surface area contributed by atoms with Crippen molar-refractivity contribution in [3.05, 3.63) is 35.1 Å². The maximum atomic E-state index is 13.2. The number of esters is 1. The number of hydrogen-bond donors (Lipinski definition) is 1. The number of ether oxygens (including phenoxy) is 1. The van der Waals surface area contributed by atoms with Crippen molar-refractivity contribution in [2.75, 3.05) is 13.2 Å². The number of hydrogen-bond acceptors (Lipinski definition) is 3. The molecule has 0 aliphatic carbocycles. The van der Waals surface area contributed by atoms with Crippen molar-refractivity contribution in [3.8, 4) is 0 Å². The lowest BCUT2D eigenvalue weighted by Gasteiger charge is -2.17. The second-order valence-corrected chi connectivity index (χ2v) is 3.94. The van der Waals surface area contributed by atoms with Crippen molar-refractivity contribution < 1.29 is 22.7 Å². The van der Waals surface area contributed by atoms with Gasteiger partial charge in [-0.15, -0.1) is 0 Å². The van der Waals surface area contributed by atoms with Crippen LogP contribution in [0.3, 0.4) is 0 Å². The van der Waals surface area contributed by atoms with Crippen molar-refractivity contribution in [3.63, 3.8) is 0 Å². The molecule has 3 nitrogen and oxygen atoms in total. The molecule has 1 atom stereocenters. The number of halogens is 3. The van der Waals surface area contributed by atoms with E-state index >= 15 is 0 Å². The fourth-order valence-corrected chi connectivity index (χ4v) is 1.59. The standard InChI is InChI=1S/C13H16F3NO2/c1-3-5-17-12(13(18)19-4-2)8-6-9(14)11(16)10(15)7-8/h6-7,12,17H,3-5H2,1-2H3. The Bertz CT molecular complexity index is 429. The van der Waals surface area contributed by atoms with Gasteiger partial charge in [-0.05, 0) is 37.6 Å². The molecular weight excluding hydrogens is 259 g/mol. The highest BCUT2D eigenvalue weighted by molar-refractivity contribution is 5.77. The van der Waals surface area contributed by atoms with Gasteiger partial charge in [0.15, 0.2) is 17.5 Å². The van der Waals surface area contributed by atoms with Crippen LogP contribution in [0.4, 0.5) is 13.2 Å². The predicted molar refractivity (Wildman–Crippen MR) is 64.0 cm³/mol. The van der Waals surface area contributed by atoms with E-state index in [1.807, 2.05) is 6.92 Å². The molecule has 0 amide bonds.